The number of carbonyl (C=O) groups is 1. The third kappa shape index (κ3) is 2.54. The van der Waals surface area contributed by atoms with Crippen LogP contribution < -0.4 is 5.32 Å². The van der Waals surface area contributed by atoms with Gasteiger partial charge in [-0.3, -0.25) is 4.79 Å². The van der Waals surface area contributed by atoms with Crippen molar-refractivity contribution >= 4 is 23.5 Å². The van der Waals surface area contributed by atoms with Gasteiger partial charge in [0.15, 0.2) is 5.78 Å². The van der Waals surface area contributed by atoms with Gasteiger partial charge in [0.05, 0.1) is 6.54 Å². The Labute approximate surface area is 132 Å². The van der Waals surface area contributed by atoms with Crippen LogP contribution in [0, 0.1) is 0 Å². The summed E-state index contributed by atoms with van der Waals surface area (Å²) in [7, 11) is 0. The number of hydrogen-bond acceptors (Lipinski definition) is 5. The van der Waals surface area contributed by atoms with Crippen LogP contribution in [0.5, 0.6) is 0 Å². The van der Waals surface area contributed by atoms with Crippen LogP contribution in [0.3, 0.4) is 0 Å². The summed E-state index contributed by atoms with van der Waals surface area (Å²) in [5.41, 5.74) is 3.17. The van der Waals surface area contributed by atoms with Crippen LogP contribution >= 0.6 is 11.8 Å². The molecule has 1 aromatic carbocycles. The minimum Gasteiger partial charge on any atom is -0.328 e. The minimum atomic E-state index is 0.244. The zero-order chi connectivity index (χ0) is 14.9. The van der Waals surface area contributed by atoms with Gasteiger partial charge in [0, 0.05) is 23.4 Å². The Hall–Kier alpha value is -2.08. The Morgan fingerprint density at radius 3 is 2.95 bits per heavy atom. The molecule has 0 unspecified atom stereocenters. The molecule has 2 aliphatic rings. The van der Waals surface area contributed by atoms with Gasteiger partial charge in [0.2, 0.25) is 11.1 Å². The number of nitrogens with one attached hydrogen (secondary N) is 1. The van der Waals surface area contributed by atoms with Crippen molar-refractivity contribution in [2.75, 3.05) is 5.32 Å². The molecule has 22 heavy (non-hydrogen) atoms. The fraction of sp³-hybridized carbons (Fsp3) is 0.312. The van der Waals surface area contributed by atoms with E-state index in [1.165, 1.54) is 5.56 Å². The lowest BCUT2D eigenvalue weighted by Gasteiger charge is -2.24. The second-order valence-electron chi connectivity index (χ2n) is 5.51. The highest BCUT2D eigenvalue weighted by molar-refractivity contribution is 7.98. The summed E-state index contributed by atoms with van der Waals surface area (Å²) in [5.74, 6) is 1.84. The largest absolute Gasteiger partial charge is 0.328 e. The molecule has 0 saturated heterocycles. The molecule has 2 aromatic rings. The summed E-state index contributed by atoms with van der Waals surface area (Å²) in [6, 6.07) is 10.3. The summed E-state index contributed by atoms with van der Waals surface area (Å²) >= 11 is 1.61. The van der Waals surface area contributed by atoms with Crippen molar-refractivity contribution in [1.82, 2.24) is 14.8 Å². The van der Waals surface area contributed by atoms with E-state index in [0.29, 0.717) is 13.0 Å². The average molecular weight is 312 g/mol. The van der Waals surface area contributed by atoms with E-state index in [1.54, 1.807) is 16.4 Å². The number of aromatic nitrogens is 3. The van der Waals surface area contributed by atoms with Gasteiger partial charge in [0.25, 0.3) is 0 Å². The van der Waals surface area contributed by atoms with E-state index < -0.39 is 0 Å². The number of carbonyl (C=O) groups excluding carboxylic acids is 1. The summed E-state index contributed by atoms with van der Waals surface area (Å²) in [6.45, 7) is 0.551. The number of anilines is 1. The molecule has 0 radical (unpaired) electrons. The molecular formula is C16H16N4OS. The van der Waals surface area contributed by atoms with Crippen LogP contribution in [0.4, 0.5) is 5.95 Å². The maximum Gasteiger partial charge on any atom is 0.226 e. The van der Waals surface area contributed by atoms with Crippen molar-refractivity contribution in [3.63, 3.8) is 0 Å². The average Bonchev–Trinajstić information content (AvgIpc) is 2.94. The van der Waals surface area contributed by atoms with Gasteiger partial charge in [-0.2, -0.15) is 4.98 Å². The first kappa shape index (κ1) is 13.6. The van der Waals surface area contributed by atoms with E-state index in [1.807, 2.05) is 18.2 Å². The normalized spacial score (nSPS) is 17.0. The number of thioether (sulfide) groups is 1. The minimum absolute atomic E-state index is 0.244. The Morgan fingerprint density at radius 2 is 2.09 bits per heavy atom. The van der Waals surface area contributed by atoms with E-state index in [9.17, 15) is 4.79 Å². The van der Waals surface area contributed by atoms with Crippen molar-refractivity contribution in [2.45, 2.75) is 36.7 Å². The predicted molar refractivity (Wildman–Crippen MR) is 85.5 cm³/mol. The first-order valence-electron chi connectivity index (χ1n) is 7.43. The second kappa shape index (κ2) is 5.61. The van der Waals surface area contributed by atoms with E-state index >= 15 is 0 Å². The van der Waals surface area contributed by atoms with Crippen molar-refractivity contribution in [2.24, 2.45) is 0 Å². The lowest BCUT2D eigenvalue weighted by atomic mass is 9.94. The first-order chi connectivity index (χ1) is 10.8. The maximum atomic E-state index is 12.0. The van der Waals surface area contributed by atoms with Gasteiger partial charge in [-0.25, -0.2) is 4.68 Å². The Morgan fingerprint density at radius 1 is 1.23 bits per heavy atom. The molecular weight excluding hydrogens is 296 g/mol. The second-order valence-corrected chi connectivity index (χ2v) is 6.45. The maximum absolute atomic E-state index is 12.0. The number of rotatable bonds is 3. The molecule has 0 spiro atoms. The van der Waals surface area contributed by atoms with Crippen LogP contribution in [0.1, 0.15) is 24.8 Å². The molecule has 0 amide bonds. The lowest BCUT2D eigenvalue weighted by Crippen LogP contribution is -2.26. The summed E-state index contributed by atoms with van der Waals surface area (Å²) in [4.78, 5) is 16.5. The quantitative estimate of drug-likeness (QED) is 0.883. The predicted octanol–water partition coefficient (Wildman–Crippen LogP) is 3.00. The van der Waals surface area contributed by atoms with E-state index in [0.717, 1.165) is 41.0 Å². The van der Waals surface area contributed by atoms with Crippen LogP contribution in [-0.2, 0) is 17.1 Å². The molecule has 1 aliphatic carbocycles. The van der Waals surface area contributed by atoms with Crippen molar-refractivity contribution < 1.29 is 4.79 Å². The van der Waals surface area contributed by atoms with Crippen LogP contribution in [0.25, 0.3) is 0 Å². The smallest absolute Gasteiger partial charge is 0.226 e. The van der Waals surface area contributed by atoms with Crippen molar-refractivity contribution in [3.8, 4) is 0 Å². The molecule has 5 nitrogen and oxygen atoms in total. The number of allylic oxidation sites excluding steroid dienone is 2. The van der Waals surface area contributed by atoms with Crippen LogP contribution in [0.2, 0.25) is 0 Å². The molecule has 2 heterocycles. The van der Waals surface area contributed by atoms with Gasteiger partial charge < -0.3 is 5.32 Å². The number of hydrogen-bond donors (Lipinski definition) is 1. The molecule has 4 rings (SSSR count). The van der Waals surface area contributed by atoms with Crippen LogP contribution in [0.15, 0.2) is 46.8 Å². The zero-order valence-electron chi connectivity index (χ0n) is 12.1. The Balaban J connectivity index is 1.50. The third-order valence-electron chi connectivity index (χ3n) is 3.97. The SMILES string of the molecule is O=C1CCCC2=C1Cn1nc(SCc3ccccc3)nc1N2. The standard InChI is InChI=1S/C16H16N4OS/c21-14-8-4-7-13-12(14)9-20-15(17-13)18-16(19-20)22-10-11-5-2-1-3-6-11/h1-3,5-6H,4,7-10H2,(H,17,18,19). The van der Waals surface area contributed by atoms with Crippen molar-refractivity contribution in [3.05, 3.63) is 47.2 Å². The number of nitrogens with zero attached hydrogens (tertiary/aromatic N) is 3. The highest BCUT2D eigenvalue weighted by Gasteiger charge is 2.27. The fourth-order valence-corrected chi connectivity index (χ4v) is 3.60. The molecule has 1 aromatic heterocycles. The summed E-state index contributed by atoms with van der Waals surface area (Å²) in [5, 5.41) is 8.54. The number of ketones is 1. The van der Waals surface area contributed by atoms with Crippen LogP contribution in [-0.4, -0.2) is 20.5 Å². The number of fused-ring (bicyclic) bond motifs is 1. The van der Waals surface area contributed by atoms with Gasteiger partial charge in [-0.1, -0.05) is 42.1 Å². The van der Waals surface area contributed by atoms with Gasteiger partial charge in [-0.05, 0) is 18.4 Å². The first-order valence-corrected chi connectivity index (χ1v) is 8.42. The number of benzene rings is 1. The van der Waals surface area contributed by atoms with Gasteiger partial charge in [0.1, 0.15) is 0 Å². The molecule has 0 atom stereocenters. The third-order valence-corrected chi connectivity index (χ3v) is 4.87. The van der Waals surface area contributed by atoms with E-state index in [2.05, 4.69) is 27.5 Å². The summed E-state index contributed by atoms with van der Waals surface area (Å²) in [6.07, 6.45) is 2.51. The Bertz CT molecular complexity index is 751. The highest BCUT2D eigenvalue weighted by Crippen LogP contribution is 2.30. The monoisotopic (exact) mass is 312 g/mol. The fourth-order valence-electron chi connectivity index (χ4n) is 2.81. The molecule has 1 N–H and O–H groups in total. The zero-order valence-corrected chi connectivity index (χ0v) is 12.9. The molecule has 1 aliphatic heterocycles. The van der Waals surface area contributed by atoms with Gasteiger partial charge >= 0.3 is 0 Å². The molecule has 0 saturated carbocycles. The Kier molecular flexibility index (Phi) is 3.46. The van der Waals surface area contributed by atoms with E-state index in [4.69, 9.17) is 0 Å². The summed E-state index contributed by atoms with van der Waals surface area (Å²) < 4.78 is 1.80. The number of Topliss-reactive ketones (excluding diaryl/α,β-unsaturated/α-hetero) is 1. The molecule has 0 bridgehead atoms. The van der Waals surface area contributed by atoms with E-state index in [-0.39, 0.29) is 5.78 Å². The lowest BCUT2D eigenvalue weighted by molar-refractivity contribution is -0.116. The molecule has 112 valence electrons. The molecule has 6 heteroatoms. The van der Waals surface area contributed by atoms with Crippen molar-refractivity contribution in [1.29, 1.82) is 0 Å². The molecule has 0 fully saturated rings. The van der Waals surface area contributed by atoms with Gasteiger partial charge in [-0.15, -0.1) is 5.10 Å². The topological polar surface area (TPSA) is 59.8 Å². The highest BCUT2D eigenvalue weighted by atomic mass is 32.2.